The van der Waals surface area contributed by atoms with Crippen molar-refractivity contribution >= 4 is 28.1 Å². The van der Waals surface area contributed by atoms with E-state index in [0.29, 0.717) is 10.0 Å². The third-order valence-electron chi connectivity index (χ3n) is 5.95. The van der Waals surface area contributed by atoms with Crippen LogP contribution in [0.15, 0.2) is 115 Å². The summed E-state index contributed by atoms with van der Waals surface area (Å²) in [6.45, 7) is 0. The van der Waals surface area contributed by atoms with Gasteiger partial charge in [-0.05, 0) is 28.8 Å². The van der Waals surface area contributed by atoms with Gasteiger partial charge < -0.3 is 10.6 Å². The van der Waals surface area contributed by atoms with Gasteiger partial charge in [0.1, 0.15) is 17.2 Å². The summed E-state index contributed by atoms with van der Waals surface area (Å²) in [5, 5.41) is 6.86. The molecule has 2 N–H and O–H groups in total. The van der Waals surface area contributed by atoms with E-state index in [-0.39, 0.29) is 18.0 Å². The molecule has 0 fully saturated rings. The Balaban J connectivity index is 1.47. The molecule has 4 aromatic carbocycles. The molecule has 5 rings (SSSR count). The quantitative estimate of drug-likeness (QED) is 0.221. The lowest BCUT2D eigenvalue weighted by Crippen LogP contribution is -2.38. The summed E-state index contributed by atoms with van der Waals surface area (Å²) in [6, 6.07) is 33.3. The molecule has 0 unspecified atom stereocenters. The first-order valence-electron chi connectivity index (χ1n) is 11.7. The van der Waals surface area contributed by atoms with Gasteiger partial charge in [0.25, 0.3) is 0 Å². The van der Waals surface area contributed by atoms with E-state index in [1.165, 1.54) is 11.3 Å². The Bertz CT molecular complexity index is 1370. The molecule has 0 spiro atoms. The van der Waals surface area contributed by atoms with Crippen LogP contribution in [0.25, 0.3) is 0 Å². The van der Waals surface area contributed by atoms with Crippen LogP contribution in [-0.2, 0) is 16.8 Å². The van der Waals surface area contributed by atoms with Crippen LogP contribution in [0.1, 0.15) is 21.6 Å². The van der Waals surface area contributed by atoms with Crippen LogP contribution in [0.4, 0.5) is 19.6 Å². The van der Waals surface area contributed by atoms with E-state index in [1.807, 2.05) is 54.6 Å². The predicted octanol–water partition coefficient (Wildman–Crippen LogP) is 7.01. The Labute approximate surface area is 217 Å². The Morgan fingerprint density at radius 3 is 1.73 bits per heavy atom. The van der Waals surface area contributed by atoms with Crippen molar-refractivity contribution in [2.24, 2.45) is 0 Å². The first-order valence-corrected chi connectivity index (χ1v) is 12.5. The second kappa shape index (κ2) is 10.7. The molecule has 37 heavy (non-hydrogen) atoms. The first kappa shape index (κ1) is 24.3. The number of thiazole rings is 1. The molecule has 0 saturated carbocycles. The monoisotopic (exact) mass is 511 g/mol. The maximum atomic E-state index is 13.5. The Morgan fingerprint density at radius 2 is 1.24 bits per heavy atom. The fraction of sp³-hybridized carbons (Fsp3) is 0.0667. The lowest BCUT2D eigenvalue weighted by atomic mass is 9.77. The first-order chi connectivity index (χ1) is 18.0. The molecule has 0 bridgehead atoms. The van der Waals surface area contributed by atoms with Crippen molar-refractivity contribution in [3.8, 4) is 0 Å². The van der Waals surface area contributed by atoms with Gasteiger partial charge in [-0.15, -0.1) is 11.3 Å². The van der Waals surface area contributed by atoms with E-state index >= 15 is 0 Å². The molecule has 0 aliphatic carbocycles. The smallest absolute Gasteiger partial charge is 0.229 e. The summed E-state index contributed by atoms with van der Waals surface area (Å²) >= 11 is 1.36. The number of benzene rings is 4. The molecule has 0 aliphatic rings. The normalized spacial score (nSPS) is 11.2. The van der Waals surface area contributed by atoms with Crippen molar-refractivity contribution in [3.05, 3.63) is 149 Å². The van der Waals surface area contributed by atoms with Crippen LogP contribution in [0.5, 0.6) is 0 Å². The number of anilines is 2. The lowest BCUT2D eigenvalue weighted by Gasteiger charge is -2.36. The number of aromatic nitrogens is 1. The highest BCUT2D eigenvalue weighted by Crippen LogP contribution is 2.40. The molecular weight excluding hydrogens is 488 g/mol. The second-order valence-electron chi connectivity index (χ2n) is 8.49. The van der Waals surface area contributed by atoms with E-state index in [2.05, 4.69) is 52.0 Å². The van der Waals surface area contributed by atoms with Crippen molar-refractivity contribution in [2.75, 3.05) is 10.6 Å². The summed E-state index contributed by atoms with van der Waals surface area (Å²) in [7, 11) is 0. The third kappa shape index (κ3) is 5.42. The van der Waals surface area contributed by atoms with Crippen LogP contribution in [-0.4, -0.2) is 10.9 Å². The summed E-state index contributed by atoms with van der Waals surface area (Å²) in [5.41, 5.74) is 2.45. The number of nitrogens with zero attached hydrogens (tertiary/aromatic N) is 1. The minimum atomic E-state index is -0.751. The zero-order valence-corrected chi connectivity index (χ0v) is 20.5. The van der Waals surface area contributed by atoms with Crippen LogP contribution in [0.3, 0.4) is 0 Å². The van der Waals surface area contributed by atoms with Crippen molar-refractivity contribution in [1.82, 2.24) is 4.98 Å². The molecule has 5 aromatic rings. The zero-order chi connectivity index (χ0) is 25.7. The van der Waals surface area contributed by atoms with Gasteiger partial charge in [0.15, 0.2) is 5.13 Å². The number of hydrogen-bond donors (Lipinski definition) is 2. The average molecular weight is 512 g/mol. The zero-order valence-electron chi connectivity index (χ0n) is 19.7. The van der Waals surface area contributed by atoms with Crippen molar-refractivity contribution in [2.45, 2.75) is 12.0 Å². The van der Waals surface area contributed by atoms with Gasteiger partial charge in [-0.1, -0.05) is 91.0 Å². The summed E-state index contributed by atoms with van der Waals surface area (Å²) in [4.78, 5) is 17.8. The van der Waals surface area contributed by atoms with Gasteiger partial charge in [0.2, 0.25) is 5.91 Å². The third-order valence-corrected chi connectivity index (χ3v) is 6.86. The molecule has 1 heterocycles. The van der Waals surface area contributed by atoms with Gasteiger partial charge in [-0.2, -0.15) is 0 Å². The molecule has 184 valence electrons. The number of rotatable bonds is 8. The topological polar surface area (TPSA) is 54.0 Å². The summed E-state index contributed by atoms with van der Waals surface area (Å²) in [5.74, 6) is -1.89. The molecule has 0 atom stereocenters. The number of carbonyl (C=O) groups excluding carboxylic acids is 1. The van der Waals surface area contributed by atoms with Crippen molar-refractivity contribution < 1.29 is 13.6 Å². The second-order valence-corrected chi connectivity index (χ2v) is 9.60. The Morgan fingerprint density at radius 1 is 0.757 bits per heavy atom. The average Bonchev–Trinajstić information content (AvgIpc) is 3.34. The molecule has 1 aromatic heterocycles. The number of hydrogen-bond acceptors (Lipinski definition) is 4. The Kier molecular flexibility index (Phi) is 7.05. The summed E-state index contributed by atoms with van der Waals surface area (Å²) < 4.78 is 27.0. The SMILES string of the molecule is O=C(Cc1cnc(NC(c2ccccc2)(c2ccccc2)c2ccccc2)s1)Nc1cc(F)cc(F)c1. The molecule has 0 saturated heterocycles. The van der Waals surface area contributed by atoms with E-state index in [1.54, 1.807) is 6.20 Å². The van der Waals surface area contributed by atoms with Crippen molar-refractivity contribution in [1.29, 1.82) is 0 Å². The highest BCUT2D eigenvalue weighted by atomic mass is 32.1. The van der Waals surface area contributed by atoms with Gasteiger partial charge in [-0.25, -0.2) is 13.8 Å². The molecule has 4 nitrogen and oxygen atoms in total. The molecular formula is C30H23F2N3OS. The molecule has 0 aliphatic heterocycles. The number of carbonyl (C=O) groups is 1. The Hall–Kier alpha value is -4.36. The standard InChI is InChI=1S/C30H23F2N3OS/c31-24-16-25(32)18-26(17-24)34-28(36)19-27-20-33-29(37-27)35-30(21-10-4-1-5-11-21,22-12-6-2-7-13-22)23-14-8-3-9-15-23/h1-18,20H,19H2,(H,33,35)(H,34,36). The predicted molar refractivity (Wildman–Crippen MR) is 144 cm³/mol. The maximum absolute atomic E-state index is 13.5. The van der Waals surface area contributed by atoms with E-state index < -0.39 is 17.2 Å². The van der Waals surface area contributed by atoms with Gasteiger partial charge in [-0.3, -0.25) is 4.79 Å². The number of nitrogens with one attached hydrogen (secondary N) is 2. The minimum absolute atomic E-state index is 0.0203. The maximum Gasteiger partial charge on any atom is 0.229 e. The lowest BCUT2D eigenvalue weighted by molar-refractivity contribution is -0.115. The van der Waals surface area contributed by atoms with E-state index in [0.717, 1.165) is 34.9 Å². The van der Waals surface area contributed by atoms with E-state index in [4.69, 9.17) is 0 Å². The molecule has 0 radical (unpaired) electrons. The largest absolute Gasteiger partial charge is 0.344 e. The van der Waals surface area contributed by atoms with Crippen LogP contribution in [0.2, 0.25) is 0 Å². The fourth-order valence-corrected chi connectivity index (χ4v) is 5.24. The molecule has 7 heteroatoms. The summed E-state index contributed by atoms with van der Waals surface area (Å²) in [6.07, 6.45) is 1.66. The van der Waals surface area contributed by atoms with Gasteiger partial charge in [0.05, 0.1) is 6.42 Å². The van der Waals surface area contributed by atoms with Crippen LogP contribution < -0.4 is 10.6 Å². The molecule has 1 amide bonds. The number of amides is 1. The van der Waals surface area contributed by atoms with Gasteiger partial charge >= 0.3 is 0 Å². The number of halogens is 2. The highest BCUT2D eigenvalue weighted by molar-refractivity contribution is 7.15. The van der Waals surface area contributed by atoms with Crippen molar-refractivity contribution in [3.63, 3.8) is 0 Å². The van der Waals surface area contributed by atoms with Crippen LogP contribution >= 0.6 is 11.3 Å². The highest BCUT2D eigenvalue weighted by Gasteiger charge is 2.37. The van der Waals surface area contributed by atoms with Crippen LogP contribution in [0, 0.1) is 11.6 Å². The fourth-order valence-electron chi connectivity index (χ4n) is 4.38. The van der Waals surface area contributed by atoms with E-state index in [9.17, 15) is 13.6 Å². The van der Waals surface area contributed by atoms with Gasteiger partial charge in [0, 0.05) is 22.8 Å². The minimum Gasteiger partial charge on any atom is -0.344 e.